The van der Waals surface area contributed by atoms with Gasteiger partial charge in [-0.3, -0.25) is 4.79 Å². The number of rotatable bonds is 34. The highest BCUT2D eigenvalue weighted by atomic mass is 16.7. The van der Waals surface area contributed by atoms with Crippen molar-refractivity contribution in [3.8, 4) is 0 Å². The molecule has 7 atom stereocenters. The van der Waals surface area contributed by atoms with E-state index in [1.165, 1.54) is 128 Å². The van der Waals surface area contributed by atoms with Gasteiger partial charge in [0.15, 0.2) is 6.29 Å². The van der Waals surface area contributed by atoms with Crippen LogP contribution in [0, 0.1) is 0 Å². The molecule has 0 aliphatic carbocycles. The lowest BCUT2D eigenvalue weighted by atomic mass is 9.99. The number of allylic oxidation sites excluding steroid dienone is 1. The molecule has 0 aromatic heterocycles. The Morgan fingerprint density at radius 2 is 1.10 bits per heavy atom. The molecule has 1 rings (SSSR count). The Labute approximate surface area is 306 Å². The Hall–Kier alpha value is -1.07. The predicted octanol–water partition coefficient (Wildman–Crippen LogP) is 7.78. The average Bonchev–Trinajstić information content (AvgIpc) is 3.11. The van der Waals surface area contributed by atoms with Gasteiger partial charge in [0.2, 0.25) is 5.91 Å². The minimum atomic E-state index is -1.56. The zero-order valence-electron chi connectivity index (χ0n) is 32.2. The maximum absolute atomic E-state index is 12.9. The van der Waals surface area contributed by atoms with Crippen LogP contribution in [0.4, 0.5) is 0 Å². The summed E-state index contributed by atoms with van der Waals surface area (Å²) in [6, 6.07) is -0.796. The summed E-state index contributed by atoms with van der Waals surface area (Å²) < 4.78 is 11.2. The third-order valence-electron chi connectivity index (χ3n) is 10.1. The lowest BCUT2D eigenvalue weighted by molar-refractivity contribution is -0.302. The molecule has 1 saturated heterocycles. The van der Waals surface area contributed by atoms with Gasteiger partial charge in [0, 0.05) is 6.42 Å². The molecule has 1 aliphatic rings. The SMILES string of the molecule is CCCCCCCCCCCCCCC/C=C/[C@@H](O)[C@H](CO[C@@H]1O[C@H](CO)[C@H](O)C(O)C1O)NC(=O)CCCCCCCCCCCCCC. The fraction of sp³-hybridized carbons (Fsp3) is 0.927. The van der Waals surface area contributed by atoms with E-state index >= 15 is 0 Å². The van der Waals surface area contributed by atoms with Crippen LogP contribution in [0.15, 0.2) is 12.2 Å². The van der Waals surface area contributed by atoms with E-state index in [4.69, 9.17) is 9.47 Å². The van der Waals surface area contributed by atoms with Crippen molar-refractivity contribution in [3.05, 3.63) is 12.2 Å². The van der Waals surface area contributed by atoms with E-state index in [9.17, 15) is 30.3 Å². The number of ether oxygens (including phenoxy) is 2. The molecule has 1 heterocycles. The largest absolute Gasteiger partial charge is 0.394 e. The molecule has 1 aliphatic heterocycles. The van der Waals surface area contributed by atoms with Gasteiger partial charge in [-0.05, 0) is 19.3 Å². The van der Waals surface area contributed by atoms with Crippen LogP contribution in [0.3, 0.4) is 0 Å². The second-order valence-corrected chi connectivity index (χ2v) is 14.8. The van der Waals surface area contributed by atoms with Gasteiger partial charge < -0.3 is 40.3 Å². The number of unbranched alkanes of at least 4 members (excludes halogenated alkanes) is 24. The number of amides is 1. The van der Waals surface area contributed by atoms with E-state index in [0.717, 1.165) is 38.5 Å². The highest BCUT2D eigenvalue weighted by Gasteiger charge is 2.44. The third kappa shape index (κ3) is 23.5. The summed E-state index contributed by atoms with van der Waals surface area (Å²) in [5, 5.41) is 54.0. The summed E-state index contributed by atoms with van der Waals surface area (Å²) in [6.07, 6.45) is 28.2. The van der Waals surface area contributed by atoms with E-state index in [1.54, 1.807) is 6.08 Å². The van der Waals surface area contributed by atoms with Crippen molar-refractivity contribution in [2.45, 2.75) is 230 Å². The summed E-state index contributed by atoms with van der Waals surface area (Å²) in [5.41, 5.74) is 0. The van der Waals surface area contributed by atoms with Crippen LogP contribution in [0.1, 0.15) is 187 Å². The number of carbonyl (C=O) groups excluding carboxylic acids is 1. The van der Waals surface area contributed by atoms with Crippen LogP contribution in [0.2, 0.25) is 0 Å². The second-order valence-electron chi connectivity index (χ2n) is 14.8. The minimum absolute atomic E-state index is 0.177. The molecule has 0 bridgehead atoms. The molecule has 0 saturated carbocycles. The molecule has 9 nitrogen and oxygen atoms in total. The van der Waals surface area contributed by atoms with Crippen molar-refractivity contribution in [1.82, 2.24) is 5.32 Å². The van der Waals surface area contributed by atoms with Crippen molar-refractivity contribution in [2.24, 2.45) is 0 Å². The van der Waals surface area contributed by atoms with Crippen molar-refractivity contribution in [2.75, 3.05) is 13.2 Å². The Bertz CT molecular complexity index is 797. The van der Waals surface area contributed by atoms with E-state index in [2.05, 4.69) is 19.2 Å². The van der Waals surface area contributed by atoms with E-state index in [1.807, 2.05) is 6.08 Å². The maximum atomic E-state index is 12.9. The molecule has 9 heteroatoms. The second kappa shape index (κ2) is 32.6. The highest BCUT2D eigenvalue weighted by molar-refractivity contribution is 5.76. The molecule has 1 fully saturated rings. The average molecular weight is 714 g/mol. The van der Waals surface area contributed by atoms with Gasteiger partial charge in [0.05, 0.1) is 25.4 Å². The van der Waals surface area contributed by atoms with Crippen LogP contribution in [0.5, 0.6) is 0 Å². The summed E-state index contributed by atoms with van der Waals surface area (Å²) >= 11 is 0. The Morgan fingerprint density at radius 1 is 0.660 bits per heavy atom. The normalized spacial score (nSPS) is 22.3. The van der Waals surface area contributed by atoms with Gasteiger partial charge in [-0.2, -0.15) is 0 Å². The molecular formula is C41H79NO8. The Balaban J connectivity index is 2.41. The number of carbonyl (C=O) groups is 1. The van der Waals surface area contributed by atoms with E-state index in [-0.39, 0.29) is 12.5 Å². The third-order valence-corrected chi connectivity index (χ3v) is 10.1. The van der Waals surface area contributed by atoms with Gasteiger partial charge in [-0.25, -0.2) is 0 Å². The van der Waals surface area contributed by atoms with Crippen LogP contribution in [-0.4, -0.2) is 87.5 Å². The van der Waals surface area contributed by atoms with Crippen molar-refractivity contribution in [1.29, 1.82) is 0 Å². The summed E-state index contributed by atoms with van der Waals surface area (Å²) in [5.74, 6) is -0.177. The first-order chi connectivity index (χ1) is 24.3. The molecule has 0 radical (unpaired) electrons. The molecule has 6 N–H and O–H groups in total. The van der Waals surface area contributed by atoms with Gasteiger partial charge in [-0.15, -0.1) is 0 Å². The van der Waals surface area contributed by atoms with E-state index < -0.39 is 49.5 Å². The Morgan fingerprint density at radius 3 is 1.56 bits per heavy atom. The monoisotopic (exact) mass is 714 g/mol. The maximum Gasteiger partial charge on any atom is 0.220 e. The predicted molar refractivity (Wildman–Crippen MR) is 203 cm³/mol. The zero-order chi connectivity index (χ0) is 36.7. The molecule has 0 aromatic carbocycles. The fourth-order valence-corrected chi connectivity index (χ4v) is 6.68. The van der Waals surface area contributed by atoms with Gasteiger partial charge in [0.25, 0.3) is 0 Å². The molecule has 0 aromatic rings. The van der Waals surface area contributed by atoms with Crippen LogP contribution < -0.4 is 5.32 Å². The summed E-state index contributed by atoms with van der Waals surface area (Å²) in [6.45, 7) is 3.76. The molecule has 0 spiro atoms. The molecular weight excluding hydrogens is 634 g/mol. The van der Waals surface area contributed by atoms with Gasteiger partial charge >= 0.3 is 0 Å². The molecule has 2 unspecified atom stereocenters. The standard InChI is InChI=1S/C41H79NO8/c1-3-5-7-9-11-13-15-17-18-19-20-22-24-26-28-30-35(44)34(33-49-41-40(48)39(47)38(46)36(32-43)50-41)42-37(45)31-29-27-25-23-21-16-14-12-10-8-6-4-2/h28,30,34-36,38-41,43-44,46-48H,3-27,29,31-33H2,1-2H3,(H,42,45)/b30-28+/t34-,35+,36+,38-,39?,40?,41+/m0/s1. The van der Waals surface area contributed by atoms with Crippen molar-refractivity contribution in [3.63, 3.8) is 0 Å². The molecule has 1 amide bonds. The van der Waals surface area contributed by atoms with Crippen LogP contribution in [-0.2, 0) is 14.3 Å². The number of aliphatic hydroxyl groups excluding tert-OH is 5. The molecule has 50 heavy (non-hydrogen) atoms. The lowest BCUT2D eigenvalue weighted by Crippen LogP contribution is -2.60. The number of nitrogens with one attached hydrogen (secondary N) is 1. The Kier molecular flexibility index (Phi) is 30.6. The minimum Gasteiger partial charge on any atom is -0.394 e. The summed E-state index contributed by atoms with van der Waals surface area (Å²) in [4.78, 5) is 12.9. The quantitative estimate of drug-likeness (QED) is 0.0293. The summed E-state index contributed by atoms with van der Waals surface area (Å²) in [7, 11) is 0. The smallest absolute Gasteiger partial charge is 0.220 e. The van der Waals surface area contributed by atoms with Crippen LogP contribution in [0.25, 0.3) is 0 Å². The topological polar surface area (TPSA) is 149 Å². The van der Waals surface area contributed by atoms with Gasteiger partial charge in [-0.1, -0.05) is 174 Å². The highest BCUT2D eigenvalue weighted by Crippen LogP contribution is 2.22. The van der Waals surface area contributed by atoms with Crippen molar-refractivity contribution < 1.29 is 39.8 Å². The zero-order valence-corrected chi connectivity index (χ0v) is 32.2. The fourth-order valence-electron chi connectivity index (χ4n) is 6.68. The number of aliphatic hydroxyl groups is 5. The van der Waals surface area contributed by atoms with Crippen molar-refractivity contribution >= 4 is 5.91 Å². The van der Waals surface area contributed by atoms with Crippen LogP contribution >= 0.6 is 0 Å². The van der Waals surface area contributed by atoms with Gasteiger partial charge in [0.1, 0.15) is 24.4 Å². The van der Waals surface area contributed by atoms with E-state index in [0.29, 0.717) is 6.42 Å². The number of hydrogen-bond donors (Lipinski definition) is 6. The lowest BCUT2D eigenvalue weighted by Gasteiger charge is -2.40. The first-order valence-electron chi connectivity index (χ1n) is 20.9. The first kappa shape index (κ1) is 47.0. The number of hydrogen-bond acceptors (Lipinski definition) is 8. The first-order valence-corrected chi connectivity index (χ1v) is 20.9. The molecule has 296 valence electrons.